The standard InChI is InChI=1S/C14H23N3O2S/c1-10(16-12(18)11-6-5-7-20-11)13(19)17(4)9-14(2,3)8-15/h5-7,10H,8-9,15H2,1-4H3,(H,16,18). The van der Waals surface area contributed by atoms with Crippen LogP contribution in [0.1, 0.15) is 30.4 Å². The minimum absolute atomic E-state index is 0.114. The van der Waals surface area contributed by atoms with E-state index in [-0.39, 0.29) is 17.2 Å². The summed E-state index contributed by atoms with van der Waals surface area (Å²) in [7, 11) is 1.73. The fourth-order valence-corrected chi connectivity index (χ4v) is 2.48. The summed E-state index contributed by atoms with van der Waals surface area (Å²) in [4.78, 5) is 26.3. The van der Waals surface area contributed by atoms with Crippen LogP contribution in [0.5, 0.6) is 0 Å². The van der Waals surface area contributed by atoms with E-state index in [1.165, 1.54) is 11.3 Å². The van der Waals surface area contributed by atoms with Gasteiger partial charge in [-0.15, -0.1) is 11.3 Å². The summed E-state index contributed by atoms with van der Waals surface area (Å²) in [5, 5.41) is 4.55. The van der Waals surface area contributed by atoms with Crippen LogP contribution in [0.4, 0.5) is 0 Å². The first-order valence-electron chi connectivity index (χ1n) is 6.56. The average Bonchev–Trinajstić information content (AvgIpc) is 2.91. The van der Waals surface area contributed by atoms with Gasteiger partial charge in [0.05, 0.1) is 4.88 Å². The zero-order valence-electron chi connectivity index (χ0n) is 12.5. The lowest BCUT2D eigenvalue weighted by atomic mass is 9.93. The second-order valence-electron chi connectivity index (χ2n) is 5.74. The van der Waals surface area contributed by atoms with Crippen LogP contribution in [0.3, 0.4) is 0 Å². The van der Waals surface area contributed by atoms with Crippen molar-refractivity contribution in [3.8, 4) is 0 Å². The Morgan fingerprint density at radius 1 is 1.50 bits per heavy atom. The van der Waals surface area contributed by atoms with Gasteiger partial charge in [0.2, 0.25) is 5.91 Å². The highest BCUT2D eigenvalue weighted by molar-refractivity contribution is 7.12. The SMILES string of the molecule is CC(NC(=O)c1cccs1)C(=O)N(C)CC(C)(C)CN. The predicted molar refractivity (Wildman–Crippen MR) is 81.7 cm³/mol. The lowest BCUT2D eigenvalue weighted by Gasteiger charge is -2.30. The molecule has 0 saturated heterocycles. The molecule has 1 atom stereocenters. The summed E-state index contributed by atoms with van der Waals surface area (Å²) in [6.45, 7) is 6.76. The molecule has 0 aromatic carbocycles. The molecule has 5 nitrogen and oxygen atoms in total. The zero-order valence-corrected chi connectivity index (χ0v) is 13.3. The normalized spacial score (nSPS) is 12.8. The van der Waals surface area contributed by atoms with Crippen molar-refractivity contribution in [3.05, 3.63) is 22.4 Å². The van der Waals surface area contributed by atoms with Crippen LogP contribution in [0.15, 0.2) is 17.5 Å². The van der Waals surface area contributed by atoms with Crippen molar-refractivity contribution < 1.29 is 9.59 Å². The van der Waals surface area contributed by atoms with Gasteiger partial charge in [-0.05, 0) is 30.3 Å². The molecule has 0 aliphatic heterocycles. The van der Waals surface area contributed by atoms with Crippen LogP contribution in [0.25, 0.3) is 0 Å². The molecule has 0 fully saturated rings. The number of thiophene rings is 1. The zero-order chi connectivity index (χ0) is 15.3. The van der Waals surface area contributed by atoms with Gasteiger partial charge in [0.1, 0.15) is 6.04 Å². The van der Waals surface area contributed by atoms with E-state index in [1.54, 1.807) is 24.9 Å². The Bertz CT molecular complexity index is 457. The van der Waals surface area contributed by atoms with Crippen molar-refractivity contribution in [2.24, 2.45) is 11.1 Å². The Morgan fingerprint density at radius 2 is 2.15 bits per heavy atom. The second kappa shape index (κ2) is 6.85. The molecule has 112 valence electrons. The third kappa shape index (κ3) is 4.61. The minimum Gasteiger partial charge on any atom is -0.343 e. The maximum absolute atomic E-state index is 12.2. The quantitative estimate of drug-likeness (QED) is 0.831. The summed E-state index contributed by atoms with van der Waals surface area (Å²) in [6, 6.07) is 2.99. The van der Waals surface area contributed by atoms with Gasteiger partial charge in [-0.25, -0.2) is 0 Å². The molecule has 20 heavy (non-hydrogen) atoms. The van der Waals surface area contributed by atoms with Crippen LogP contribution in [0, 0.1) is 5.41 Å². The smallest absolute Gasteiger partial charge is 0.261 e. The summed E-state index contributed by atoms with van der Waals surface area (Å²) in [6.07, 6.45) is 0. The average molecular weight is 297 g/mol. The number of nitrogens with two attached hydrogens (primary N) is 1. The van der Waals surface area contributed by atoms with E-state index in [0.717, 1.165) is 0 Å². The molecule has 1 aromatic heterocycles. The fourth-order valence-electron chi connectivity index (χ4n) is 1.85. The van der Waals surface area contributed by atoms with Crippen molar-refractivity contribution in [3.63, 3.8) is 0 Å². The first kappa shape index (κ1) is 16.7. The topological polar surface area (TPSA) is 75.4 Å². The van der Waals surface area contributed by atoms with Crippen LogP contribution >= 0.6 is 11.3 Å². The molecule has 0 aliphatic rings. The van der Waals surface area contributed by atoms with Crippen molar-refractivity contribution >= 4 is 23.2 Å². The number of carbonyl (C=O) groups is 2. The van der Waals surface area contributed by atoms with E-state index in [4.69, 9.17) is 5.73 Å². The molecule has 1 aromatic rings. The van der Waals surface area contributed by atoms with Gasteiger partial charge in [0.15, 0.2) is 0 Å². The Labute approximate surface area is 124 Å². The van der Waals surface area contributed by atoms with E-state index in [9.17, 15) is 9.59 Å². The lowest BCUT2D eigenvalue weighted by Crippen LogP contribution is -2.48. The van der Waals surface area contributed by atoms with Gasteiger partial charge in [0.25, 0.3) is 5.91 Å². The molecule has 0 aliphatic carbocycles. The van der Waals surface area contributed by atoms with Gasteiger partial charge < -0.3 is 16.0 Å². The molecule has 0 bridgehead atoms. The molecule has 1 heterocycles. The van der Waals surface area contributed by atoms with Crippen LogP contribution < -0.4 is 11.1 Å². The molecular weight excluding hydrogens is 274 g/mol. The van der Waals surface area contributed by atoms with E-state index in [0.29, 0.717) is 18.0 Å². The molecular formula is C14H23N3O2S. The molecule has 6 heteroatoms. The number of amides is 2. The first-order chi connectivity index (χ1) is 9.26. The Kier molecular flexibility index (Phi) is 5.71. The Balaban J connectivity index is 2.56. The third-order valence-electron chi connectivity index (χ3n) is 3.06. The van der Waals surface area contributed by atoms with Gasteiger partial charge in [-0.2, -0.15) is 0 Å². The summed E-state index contributed by atoms with van der Waals surface area (Å²) < 4.78 is 0. The van der Waals surface area contributed by atoms with Gasteiger partial charge >= 0.3 is 0 Å². The maximum atomic E-state index is 12.2. The van der Waals surface area contributed by atoms with Gasteiger partial charge in [0, 0.05) is 13.6 Å². The maximum Gasteiger partial charge on any atom is 0.261 e. The van der Waals surface area contributed by atoms with Crippen LogP contribution in [0.2, 0.25) is 0 Å². The number of carbonyl (C=O) groups excluding carboxylic acids is 2. The van der Waals surface area contributed by atoms with E-state index < -0.39 is 6.04 Å². The van der Waals surface area contributed by atoms with Crippen LogP contribution in [-0.2, 0) is 4.79 Å². The highest BCUT2D eigenvalue weighted by Gasteiger charge is 2.25. The minimum atomic E-state index is -0.553. The van der Waals surface area contributed by atoms with Crippen molar-refractivity contribution in [2.45, 2.75) is 26.8 Å². The summed E-state index contributed by atoms with van der Waals surface area (Å²) >= 11 is 1.35. The predicted octanol–water partition coefficient (Wildman–Crippen LogP) is 1.31. The molecule has 3 N–H and O–H groups in total. The molecule has 2 amide bonds. The third-order valence-corrected chi connectivity index (χ3v) is 3.93. The van der Waals surface area contributed by atoms with Crippen molar-refractivity contribution in [1.29, 1.82) is 0 Å². The number of rotatable bonds is 6. The Hall–Kier alpha value is -1.40. The largest absolute Gasteiger partial charge is 0.343 e. The van der Waals surface area contributed by atoms with Crippen molar-refractivity contribution in [2.75, 3.05) is 20.1 Å². The summed E-state index contributed by atoms with van der Waals surface area (Å²) in [5.74, 6) is -0.330. The molecule has 0 radical (unpaired) electrons. The van der Waals surface area contributed by atoms with E-state index >= 15 is 0 Å². The molecule has 1 unspecified atom stereocenters. The number of hydrogen-bond acceptors (Lipinski definition) is 4. The second-order valence-corrected chi connectivity index (χ2v) is 6.68. The molecule has 0 saturated carbocycles. The summed E-state index contributed by atoms with van der Waals surface area (Å²) in [5.41, 5.74) is 5.53. The van der Waals surface area contributed by atoms with Crippen LogP contribution in [-0.4, -0.2) is 42.9 Å². The molecule has 1 rings (SSSR count). The van der Waals surface area contributed by atoms with E-state index in [1.807, 2.05) is 25.3 Å². The fraction of sp³-hybridized carbons (Fsp3) is 0.571. The van der Waals surface area contributed by atoms with E-state index in [2.05, 4.69) is 5.32 Å². The van der Waals surface area contributed by atoms with Crippen molar-refractivity contribution in [1.82, 2.24) is 10.2 Å². The Morgan fingerprint density at radius 3 is 2.65 bits per heavy atom. The number of nitrogens with one attached hydrogen (secondary N) is 1. The van der Waals surface area contributed by atoms with Gasteiger partial charge in [-0.1, -0.05) is 19.9 Å². The highest BCUT2D eigenvalue weighted by Crippen LogP contribution is 2.14. The first-order valence-corrected chi connectivity index (χ1v) is 7.44. The number of nitrogens with zero attached hydrogens (tertiary/aromatic N) is 1. The monoisotopic (exact) mass is 297 g/mol. The highest BCUT2D eigenvalue weighted by atomic mass is 32.1. The molecule has 0 spiro atoms. The number of likely N-dealkylation sites (N-methyl/N-ethyl adjacent to an activating group) is 1. The lowest BCUT2D eigenvalue weighted by molar-refractivity contribution is -0.132. The van der Waals surface area contributed by atoms with Gasteiger partial charge in [-0.3, -0.25) is 9.59 Å². The number of hydrogen-bond donors (Lipinski definition) is 2.